The summed E-state index contributed by atoms with van der Waals surface area (Å²) < 4.78 is 53.3. The maximum Gasteiger partial charge on any atom is 0.387 e. The second kappa shape index (κ2) is 11.1. The highest BCUT2D eigenvalue weighted by Gasteiger charge is 2.53. The van der Waals surface area contributed by atoms with Gasteiger partial charge in [0.1, 0.15) is 5.75 Å². The number of amides is 1. The molecule has 0 saturated heterocycles. The largest absolute Gasteiger partial charge is 0.481 e. The molecule has 3 atom stereocenters. The van der Waals surface area contributed by atoms with Crippen molar-refractivity contribution >= 4 is 17.5 Å². The summed E-state index contributed by atoms with van der Waals surface area (Å²) in [5, 5.41) is 23.7. The van der Waals surface area contributed by atoms with Crippen LogP contribution in [0.4, 0.5) is 13.2 Å². The third-order valence-corrected chi connectivity index (χ3v) is 8.20. The van der Waals surface area contributed by atoms with Gasteiger partial charge in [0.25, 0.3) is 5.85 Å². The van der Waals surface area contributed by atoms with Gasteiger partial charge in [0, 0.05) is 30.1 Å². The van der Waals surface area contributed by atoms with E-state index in [2.05, 4.69) is 10.1 Å². The second-order valence-electron chi connectivity index (χ2n) is 10.5. The molecule has 2 aliphatic carbocycles. The number of hydrogen-bond donors (Lipinski definition) is 4. The third-order valence-electron chi connectivity index (χ3n) is 7.92. The monoisotopic (exact) mass is 578 g/mol. The second-order valence-corrected chi connectivity index (χ2v) is 10.9. The summed E-state index contributed by atoms with van der Waals surface area (Å²) in [6, 6.07) is 14.3. The number of fused-ring (bicyclic) bond motifs is 1. The number of carbonyl (C=O) groups is 1. The van der Waals surface area contributed by atoms with Gasteiger partial charge in [0.05, 0.1) is 17.1 Å². The lowest BCUT2D eigenvalue weighted by molar-refractivity contribution is -0.171. The van der Waals surface area contributed by atoms with Crippen LogP contribution in [0, 0.1) is 0 Å². The molecule has 1 fully saturated rings. The molecule has 0 bridgehead atoms. The molecule has 3 aliphatic rings. The lowest BCUT2D eigenvalue weighted by Gasteiger charge is -2.36. The number of nitrogens with one attached hydrogen (secondary N) is 1. The average molecular weight is 579 g/mol. The van der Waals surface area contributed by atoms with E-state index < -0.39 is 46.3 Å². The number of aliphatic hydroxyl groups excluding tert-OH is 1. The molecule has 2 aromatic carbocycles. The molecule has 1 unspecified atom stereocenters. The van der Waals surface area contributed by atoms with E-state index in [4.69, 9.17) is 22.1 Å². The Balaban J connectivity index is 1.54. The molecule has 5 rings (SSSR count). The molecule has 40 heavy (non-hydrogen) atoms. The lowest BCUT2D eigenvalue weighted by atomic mass is 9.76. The summed E-state index contributed by atoms with van der Waals surface area (Å²) in [5.41, 5.74) is 5.65. The number of allylic oxidation sites excluding steroid dienone is 2. The van der Waals surface area contributed by atoms with Crippen LogP contribution in [-0.4, -0.2) is 47.3 Å². The smallest absolute Gasteiger partial charge is 0.387 e. The Kier molecular flexibility index (Phi) is 7.89. The lowest BCUT2D eigenvalue weighted by Crippen LogP contribution is -2.47. The first-order valence-electron chi connectivity index (χ1n) is 13.1. The van der Waals surface area contributed by atoms with Crippen molar-refractivity contribution in [2.75, 3.05) is 6.54 Å². The van der Waals surface area contributed by atoms with Gasteiger partial charge < -0.3 is 30.7 Å². The molecule has 7 nitrogen and oxygen atoms in total. The minimum absolute atomic E-state index is 0.130. The summed E-state index contributed by atoms with van der Waals surface area (Å²) in [4.78, 5) is 12.4. The van der Waals surface area contributed by atoms with Crippen LogP contribution >= 0.6 is 11.6 Å². The quantitative estimate of drug-likeness (QED) is 0.372. The van der Waals surface area contributed by atoms with Crippen molar-refractivity contribution in [2.24, 2.45) is 5.73 Å². The molecule has 2 aromatic rings. The fraction of sp³-hybridized carbons (Fsp3) is 0.414. The average Bonchev–Trinajstić information content (AvgIpc) is 3.31. The minimum atomic E-state index is -3.61. The van der Waals surface area contributed by atoms with Crippen LogP contribution in [0.3, 0.4) is 0 Å². The van der Waals surface area contributed by atoms with Gasteiger partial charge in [-0.2, -0.15) is 8.78 Å². The number of rotatable bonds is 8. The zero-order valence-corrected chi connectivity index (χ0v) is 22.2. The third kappa shape index (κ3) is 5.33. The number of carbonyl (C=O) groups excluding carboxylic acids is 1. The molecule has 0 radical (unpaired) electrons. The zero-order chi connectivity index (χ0) is 28.7. The van der Waals surface area contributed by atoms with Crippen LogP contribution in [0.2, 0.25) is 0 Å². The number of aliphatic hydroxyl groups is 2. The van der Waals surface area contributed by atoms with Gasteiger partial charge in [-0.15, -0.1) is 0 Å². The van der Waals surface area contributed by atoms with Gasteiger partial charge in [-0.25, -0.2) is 4.39 Å². The van der Waals surface area contributed by atoms with Gasteiger partial charge in [-0.05, 0) is 49.0 Å². The number of nitrogens with two attached hydrogens (primary N) is 1. The summed E-state index contributed by atoms with van der Waals surface area (Å²) in [5.74, 6) is -7.31. The van der Waals surface area contributed by atoms with E-state index >= 15 is 4.39 Å². The van der Waals surface area contributed by atoms with E-state index in [0.29, 0.717) is 30.7 Å². The summed E-state index contributed by atoms with van der Waals surface area (Å²) in [6.07, 6.45) is 3.84. The van der Waals surface area contributed by atoms with Gasteiger partial charge in [-0.3, -0.25) is 4.79 Å². The first-order valence-corrected chi connectivity index (χ1v) is 13.4. The number of alkyl halides is 3. The van der Waals surface area contributed by atoms with Crippen molar-refractivity contribution in [2.45, 2.75) is 68.2 Å². The maximum atomic E-state index is 16.1. The molecule has 1 amide bonds. The number of ether oxygens (including phenoxy) is 2. The Hall–Kier alpha value is -3.05. The predicted octanol–water partition coefficient (Wildman–Crippen LogP) is 4.27. The number of halogens is 4. The predicted molar refractivity (Wildman–Crippen MR) is 141 cm³/mol. The van der Waals surface area contributed by atoms with Gasteiger partial charge in [0.2, 0.25) is 5.91 Å². The Morgan fingerprint density at radius 2 is 1.85 bits per heavy atom. The molecule has 214 valence electrons. The van der Waals surface area contributed by atoms with E-state index in [1.807, 2.05) is 30.3 Å². The van der Waals surface area contributed by atoms with E-state index in [9.17, 15) is 23.8 Å². The van der Waals surface area contributed by atoms with Gasteiger partial charge in [-0.1, -0.05) is 54.1 Å². The Labute approximate surface area is 234 Å². The van der Waals surface area contributed by atoms with Crippen molar-refractivity contribution in [1.82, 2.24) is 5.32 Å². The normalized spacial score (nSPS) is 30.1. The van der Waals surface area contributed by atoms with Gasteiger partial charge >= 0.3 is 6.61 Å². The summed E-state index contributed by atoms with van der Waals surface area (Å²) >= 11 is 5.96. The van der Waals surface area contributed by atoms with Crippen LogP contribution in [0.1, 0.15) is 48.3 Å². The molecule has 11 heteroatoms. The fourth-order valence-electron chi connectivity index (χ4n) is 5.97. The van der Waals surface area contributed by atoms with E-state index in [1.54, 1.807) is 12.1 Å². The highest BCUT2D eigenvalue weighted by atomic mass is 35.5. The van der Waals surface area contributed by atoms with Crippen LogP contribution in [-0.2, 0) is 21.6 Å². The molecular formula is C29H30ClF3N2O5. The standard InChI is InChI=1S/C29H30ClF3N2O5/c30-22-13-20(26(34)37)24(29(33,38)25(22)39-27(31)32)19-7-4-8-23-21(19)14-28(40-23,16-5-2-1-3-6-16)15-35-17-9-11-18(36)12-10-17/h1-8,13,17-18,24,27,35-36,38H,9-12,14-15H2,(H2,34,37)/t17?,18?,24-,28?,29+/m0/s1. The maximum absolute atomic E-state index is 16.1. The SMILES string of the molecule is NC(=O)C1=CC(Cl)=C(OC(F)F)[C@@](O)(F)[C@H]1c1cccc2c1CC(CNC1CCC(O)CC1)(c1ccccc1)O2. The van der Waals surface area contributed by atoms with Gasteiger partial charge in [0.15, 0.2) is 11.4 Å². The molecule has 0 aromatic heterocycles. The van der Waals surface area contributed by atoms with Crippen LogP contribution in [0.25, 0.3) is 0 Å². The molecule has 1 heterocycles. The molecule has 1 saturated carbocycles. The minimum Gasteiger partial charge on any atom is -0.481 e. The highest BCUT2D eigenvalue weighted by molar-refractivity contribution is 6.32. The zero-order valence-electron chi connectivity index (χ0n) is 21.5. The Bertz CT molecular complexity index is 1330. The van der Waals surface area contributed by atoms with Crippen molar-refractivity contribution in [3.8, 4) is 5.75 Å². The topological polar surface area (TPSA) is 114 Å². The summed E-state index contributed by atoms with van der Waals surface area (Å²) in [6.45, 7) is -3.10. The van der Waals surface area contributed by atoms with Crippen LogP contribution < -0.4 is 15.8 Å². The van der Waals surface area contributed by atoms with E-state index in [-0.39, 0.29) is 24.1 Å². The molecular weight excluding hydrogens is 549 g/mol. The number of hydrogen-bond acceptors (Lipinski definition) is 6. The number of primary amides is 1. The first kappa shape index (κ1) is 28.5. The molecule has 5 N–H and O–H groups in total. The Morgan fingerprint density at radius 1 is 1.15 bits per heavy atom. The molecule has 0 spiro atoms. The van der Waals surface area contributed by atoms with E-state index in [1.165, 1.54) is 6.07 Å². The van der Waals surface area contributed by atoms with Crippen LogP contribution in [0.5, 0.6) is 5.75 Å². The van der Waals surface area contributed by atoms with E-state index in [0.717, 1.165) is 24.5 Å². The first-order chi connectivity index (χ1) is 19.0. The van der Waals surface area contributed by atoms with Crippen molar-refractivity contribution in [1.29, 1.82) is 0 Å². The Morgan fingerprint density at radius 3 is 2.50 bits per heavy atom. The summed E-state index contributed by atoms with van der Waals surface area (Å²) in [7, 11) is 0. The number of benzene rings is 2. The van der Waals surface area contributed by atoms with Crippen LogP contribution in [0.15, 0.2) is 71.0 Å². The highest BCUT2D eigenvalue weighted by Crippen LogP contribution is 2.52. The van der Waals surface area contributed by atoms with Crippen molar-refractivity contribution < 1.29 is 37.7 Å². The van der Waals surface area contributed by atoms with Crippen molar-refractivity contribution in [3.05, 3.63) is 87.7 Å². The molecule has 1 aliphatic heterocycles. The fourth-order valence-corrected chi connectivity index (χ4v) is 6.26. The van der Waals surface area contributed by atoms with Crippen molar-refractivity contribution in [3.63, 3.8) is 0 Å².